The van der Waals surface area contributed by atoms with Gasteiger partial charge in [-0.25, -0.2) is 4.79 Å². The summed E-state index contributed by atoms with van der Waals surface area (Å²) in [6.07, 6.45) is -0.0143. The highest BCUT2D eigenvalue weighted by Crippen LogP contribution is 1.98. The van der Waals surface area contributed by atoms with Crippen molar-refractivity contribution in [2.45, 2.75) is 25.8 Å². The number of carbonyl (C=O) groups is 2. The molecule has 0 spiro atoms. The van der Waals surface area contributed by atoms with Gasteiger partial charge in [0.1, 0.15) is 6.04 Å². The highest BCUT2D eigenvalue weighted by molar-refractivity contribution is 5.85. The lowest BCUT2D eigenvalue weighted by Gasteiger charge is -2.14. The monoisotopic (exact) mass is 250 g/mol. The first kappa shape index (κ1) is 14.0. The Morgan fingerprint density at radius 3 is 2.50 bits per heavy atom. The normalized spacial score (nSPS) is 11.6. The topological polar surface area (TPSA) is 78.4 Å². The van der Waals surface area contributed by atoms with E-state index in [1.54, 1.807) is 6.92 Å². The van der Waals surface area contributed by atoms with E-state index in [-0.39, 0.29) is 5.91 Å². The highest BCUT2D eigenvalue weighted by Gasteiger charge is 2.17. The van der Waals surface area contributed by atoms with Gasteiger partial charge in [0.25, 0.3) is 0 Å². The Balaban J connectivity index is 2.34. The molecule has 0 aliphatic carbocycles. The van der Waals surface area contributed by atoms with Gasteiger partial charge in [0, 0.05) is 6.54 Å². The molecule has 0 aliphatic rings. The van der Waals surface area contributed by atoms with Gasteiger partial charge in [-0.1, -0.05) is 37.3 Å². The Hall–Kier alpha value is -2.04. The molecule has 1 aromatic rings. The van der Waals surface area contributed by atoms with E-state index in [4.69, 9.17) is 5.11 Å². The van der Waals surface area contributed by atoms with E-state index < -0.39 is 12.1 Å². The van der Waals surface area contributed by atoms with Gasteiger partial charge in [0.05, 0.1) is 0 Å². The molecule has 0 radical (unpaired) electrons. The van der Waals surface area contributed by atoms with Crippen LogP contribution in [0.15, 0.2) is 30.3 Å². The van der Waals surface area contributed by atoms with Gasteiger partial charge < -0.3 is 15.7 Å². The minimum absolute atomic E-state index is 0.282. The number of hydrogen-bond acceptors (Lipinski definition) is 2. The molecule has 1 atom stereocenters. The molecule has 2 amide bonds. The number of benzene rings is 1. The number of nitrogens with one attached hydrogen (secondary N) is 2. The molecule has 5 nitrogen and oxygen atoms in total. The Labute approximate surface area is 106 Å². The SMILES string of the molecule is CCC(NC(=O)O)C(=O)NCCc1ccccc1. The average molecular weight is 250 g/mol. The average Bonchev–Trinajstić information content (AvgIpc) is 2.36. The molecule has 1 unspecified atom stereocenters. The molecule has 5 heteroatoms. The Kier molecular flexibility index (Phi) is 5.70. The Bertz CT molecular complexity index is 392. The number of rotatable bonds is 6. The third-order valence-electron chi connectivity index (χ3n) is 2.58. The second kappa shape index (κ2) is 7.32. The molecule has 0 aromatic heterocycles. The predicted molar refractivity (Wildman–Crippen MR) is 68.4 cm³/mol. The standard InChI is InChI=1S/C13H18N2O3/c1-2-11(15-13(17)18)12(16)14-9-8-10-6-4-3-5-7-10/h3-7,11,15H,2,8-9H2,1H3,(H,14,16)(H,17,18). The molecule has 0 fully saturated rings. The summed E-state index contributed by atoms with van der Waals surface area (Å²) >= 11 is 0. The van der Waals surface area contributed by atoms with Crippen LogP contribution in [-0.4, -0.2) is 29.7 Å². The predicted octanol–water partition coefficient (Wildman–Crippen LogP) is 1.39. The van der Waals surface area contributed by atoms with E-state index in [2.05, 4.69) is 10.6 Å². The quantitative estimate of drug-likeness (QED) is 0.714. The Morgan fingerprint density at radius 2 is 1.94 bits per heavy atom. The van der Waals surface area contributed by atoms with Crippen LogP contribution in [0.25, 0.3) is 0 Å². The number of carboxylic acid groups (broad SMARTS) is 1. The van der Waals surface area contributed by atoms with E-state index in [1.165, 1.54) is 0 Å². The maximum atomic E-state index is 11.7. The van der Waals surface area contributed by atoms with Crippen molar-refractivity contribution in [1.29, 1.82) is 0 Å². The van der Waals surface area contributed by atoms with Gasteiger partial charge in [-0.15, -0.1) is 0 Å². The zero-order valence-corrected chi connectivity index (χ0v) is 10.3. The van der Waals surface area contributed by atoms with Gasteiger partial charge in [-0.05, 0) is 18.4 Å². The van der Waals surface area contributed by atoms with E-state index in [1.807, 2.05) is 30.3 Å². The van der Waals surface area contributed by atoms with Gasteiger partial charge in [0.2, 0.25) is 5.91 Å². The van der Waals surface area contributed by atoms with Crippen molar-refractivity contribution >= 4 is 12.0 Å². The lowest BCUT2D eigenvalue weighted by Crippen LogP contribution is -2.46. The third-order valence-corrected chi connectivity index (χ3v) is 2.58. The summed E-state index contributed by atoms with van der Waals surface area (Å²) in [7, 11) is 0. The lowest BCUT2D eigenvalue weighted by molar-refractivity contribution is -0.123. The van der Waals surface area contributed by atoms with Crippen molar-refractivity contribution in [3.05, 3.63) is 35.9 Å². The third kappa shape index (κ3) is 4.86. The molecule has 0 saturated carbocycles. The highest BCUT2D eigenvalue weighted by atomic mass is 16.4. The fourth-order valence-electron chi connectivity index (χ4n) is 1.60. The van der Waals surface area contributed by atoms with Crippen LogP contribution in [0.1, 0.15) is 18.9 Å². The summed E-state index contributed by atoms with van der Waals surface area (Å²) in [5, 5.41) is 13.5. The van der Waals surface area contributed by atoms with Crippen molar-refractivity contribution in [3.63, 3.8) is 0 Å². The number of carbonyl (C=O) groups excluding carboxylic acids is 1. The first-order chi connectivity index (χ1) is 8.63. The number of hydrogen-bond donors (Lipinski definition) is 3. The van der Waals surface area contributed by atoms with Crippen LogP contribution in [0.4, 0.5) is 4.79 Å². The van der Waals surface area contributed by atoms with Crippen molar-refractivity contribution < 1.29 is 14.7 Å². The summed E-state index contributed by atoms with van der Waals surface area (Å²) in [6, 6.07) is 9.11. The molecule has 0 heterocycles. The van der Waals surface area contributed by atoms with Crippen LogP contribution in [0.3, 0.4) is 0 Å². The fourth-order valence-corrected chi connectivity index (χ4v) is 1.60. The Morgan fingerprint density at radius 1 is 1.28 bits per heavy atom. The summed E-state index contributed by atoms with van der Waals surface area (Å²) in [5.74, 6) is -0.282. The van der Waals surface area contributed by atoms with Gasteiger partial charge >= 0.3 is 6.09 Å². The van der Waals surface area contributed by atoms with Crippen molar-refractivity contribution in [1.82, 2.24) is 10.6 Å². The first-order valence-corrected chi connectivity index (χ1v) is 5.94. The molecule has 1 aromatic carbocycles. The molecule has 98 valence electrons. The molecular formula is C13H18N2O3. The van der Waals surface area contributed by atoms with Crippen molar-refractivity contribution in [2.75, 3.05) is 6.54 Å². The first-order valence-electron chi connectivity index (χ1n) is 5.94. The molecule has 18 heavy (non-hydrogen) atoms. The summed E-state index contributed by atoms with van der Waals surface area (Å²) in [4.78, 5) is 22.1. The molecule has 0 saturated heterocycles. The van der Waals surface area contributed by atoms with E-state index in [0.717, 1.165) is 12.0 Å². The maximum absolute atomic E-state index is 11.7. The summed E-state index contributed by atoms with van der Waals surface area (Å²) < 4.78 is 0. The molecule has 0 aliphatic heterocycles. The van der Waals surface area contributed by atoms with E-state index in [0.29, 0.717) is 13.0 Å². The summed E-state index contributed by atoms with van der Waals surface area (Å²) in [5.41, 5.74) is 1.14. The number of amides is 2. The van der Waals surface area contributed by atoms with Gasteiger partial charge in [-0.2, -0.15) is 0 Å². The van der Waals surface area contributed by atoms with Crippen LogP contribution >= 0.6 is 0 Å². The second-order valence-corrected chi connectivity index (χ2v) is 3.94. The van der Waals surface area contributed by atoms with Crippen LogP contribution in [-0.2, 0) is 11.2 Å². The van der Waals surface area contributed by atoms with Crippen molar-refractivity contribution in [2.24, 2.45) is 0 Å². The molecule has 3 N–H and O–H groups in total. The fraction of sp³-hybridized carbons (Fsp3) is 0.385. The van der Waals surface area contributed by atoms with Crippen LogP contribution in [0.5, 0.6) is 0 Å². The minimum atomic E-state index is -1.18. The minimum Gasteiger partial charge on any atom is -0.465 e. The van der Waals surface area contributed by atoms with Gasteiger partial charge in [0.15, 0.2) is 0 Å². The molecule has 0 bridgehead atoms. The van der Waals surface area contributed by atoms with E-state index >= 15 is 0 Å². The van der Waals surface area contributed by atoms with Gasteiger partial charge in [-0.3, -0.25) is 4.79 Å². The zero-order valence-electron chi connectivity index (χ0n) is 10.3. The zero-order chi connectivity index (χ0) is 13.4. The largest absolute Gasteiger partial charge is 0.465 e. The van der Waals surface area contributed by atoms with Crippen LogP contribution < -0.4 is 10.6 Å². The van der Waals surface area contributed by atoms with E-state index in [9.17, 15) is 9.59 Å². The maximum Gasteiger partial charge on any atom is 0.405 e. The lowest BCUT2D eigenvalue weighted by atomic mass is 10.1. The van der Waals surface area contributed by atoms with Crippen molar-refractivity contribution in [3.8, 4) is 0 Å². The smallest absolute Gasteiger partial charge is 0.405 e. The summed E-state index contributed by atoms with van der Waals surface area (Å²) in [6.45, 7) is 2.26. The second-order valence-electron chi connectivity index (χ2n) is 3.94. The molecule has 1 rings (SSSR count). The van der Waals surface area contributed by atoms with Crippen LogP contribution in [0, 0.1) is 0 Å². The van der Waals surface area contributed by atoms with Crippen LogP contribution in [0.2, 0.25) is 0 Å². The molecular weight excluding hydrogens is 232 g/mol.